The molecule has 0 aliphatic carbocycles. The SMILES string of the molecule is CC[C@H](C(=O)NC(C)(C)C)N(Cc1cccc(OC)c1)C(=O)Cc1ccccc1. The Balaban J connectivity index is 2.31. The minimum absolute atomic E-state index is 0.0741. The zero-order valence-electron chi connectivity index (χ0n) is 18.1. The first-order valence-electron chi connectivity index (χ1n) is 10.0. The summed E-state index contributed by atoms with van der Waals surface area (Å²) >= 11 is 0. The number of nitrogens with one attached hydrogen (secondary N) is 1. The van der Waals surface area contributed by atoms with Crippen LogP contribution in [0, 0.1) is 0 Å². The van der Waals surface area contributed by atoms with E-state index in [4.69, 9.17) is 4.74 Å². The fourth-order valence-corrected chi connectivity index (χ4v) is 3.21. The summed E-state index contributed by atoms with van der Waals surface area (Å²) in [7, 11) is 1.61. The van der Waals surface area contributed by atoms with Crippen LogP contribution in [0.25, 0.3) is 0 Å². The molecule has 0 bridgehead atoms. The highest BCUT2D eigenvalue weighted by Crippen LogP contribution is 2.19. The number of nitrogens with zero attached hydrogens (tertiary/aromatic N) is 1. The molecule has 2 aromatic carbocycles. The van der Waals surface area contributed by atoms with Crippen LogP contribution in [-0.2, 0) is 22.6 Å². The Labute approximate surface area is 174 Å². The summed E-state index contributed by atoms with van der Waals surface area (Å²) in [6.45, 7) is 8.10. The third-order valence-electron chi connectivity index (χ3n) is 4.57. The summed E-state index contributed by atoms with van der Waals surface area (Å²) in [6, 6.07) is 16.7. The summed E-state index contributed by atoms with van der Waals surface area (Å²) in [5, 5.41) is 3.02. The van der Waals surface area contributed by atoms with Crippen molar-refractivity contribution in [3.8, 4) is 5.75 Å². The van der Waals surface area contributed by atoms with Gasteiger partial charge in [-0.05, 0) is 50.5 Å². The topological polar surface area (TPSA) is 58.6 Å². The van der Waals surface area contributed by atoms with Crippen LogP contribution in [0.2, 0.25) is 0 Å². The molecule has 0 saturated heterocycles. The quantitative estimate of drug-likeness (QED) is 0.735. The first-order chi connectivity index (χ1) is 13.7. The van der Waals surface area contributed by atoms with Crippen LogP contribution in [0.3, 0.4) is 0 Å². The fourth-order valence-electron chi connectivity index (χ4n) is 3.21. The molecule has 5 nitrogen and oxygen atoms in total. The van der Waals surface area contributed by atoms with E-state index in [1.807, 2.05) is 82.3 Å². The molecule has 2 amide bonds. The van der Waals surface area contributed by atoms with Crippen LogP contribution in [0.4, 0.5) is 0 Å². The Morgan fingerprint density at radius 2 is 1.69 bits per heavy atom. The highest BCUT2D eigenvalue weighted by Gasteiger charge is 2.30. The van der Waals surface area contributed by atoms with Gasteiger partial charge in [0.2, 0.25) is 11.8 Å². The minimum Gasteiger partial charge on any atom is -0.497 e. The fraction of sp³-hybridized carbons (Fsp3) is 0.417. The Morgan fingerprint density at radius 3 is 2.28 bits per heavy atom. The van der Waals surface area contributed by atoms with Crippen molar-refractivity contribution >= 4 is 11.8 Å². The maximum atomic E-state index is 13.3. The molecule has 0 aliphatic rings. The molecule has 1 atom stereocenters. The molecule has 1 N–H and O–H groups in total. The third kappa shape index (κ3) is 6.93. The van der Waals surface area contributed by atoms with Crippen molar-refractivity contribution in [1.29, 1.82) is 0 Å². The molecule has 0 fully saturated rings. The van der Waals surface area contributed by atoms with Gasteiger partial charge in [-0.15, -0.1) is 0 Å². The Bertz CT molecular complexity index is 812. The number of rotatable bonds is 8. The Morgan fingerprint density at radius 1 is 1.03 bits per heavy atom. The van der Waals surface area contributed by atoms with Gasteiger partial charge in [0.1, 0.15) is 11.8 Å². The molecule has 0 aromatic heterocycles. The van der Waals surface area contributed by atoms with Gasteiger partial charge in [0.25, 0.3) is 0 Å². The molecule has 0 heterocycles. The molecular formula is C24H32N2O3. The minimum atomic E-state index is -0.545. The number of hydrogen-bond acceptors (Lipinski definition) is 3. The van der Waals surface area contributed by atoms with E-state index >= 15 is 0 Å². The van der Waals surface area contributed by atoms with Gasteiger partial charge in [-0.2, -0.15) is 0 Å². The summed E-state index contributed by atoms with van der Waals surface area (Å²) < 4.78 is 5.31. The number of carbonyl (C=O) groups is 2. The molecule has 2 rings (SSSR count). The monoisotopic (exact) mass is 396 g/mol. The van der Waals surface area contributed by atoms with Crippen LogP contribution in [-0.4, -0.2) is 35.4 Å². The molecule has 0 spiro atoms. The highest BCUT2D eigenvalue weighted by atomic mass is 16.5. The first kappa shape index (κ1) is 22.5. The van der Waals surface area contributed by atoms with Crippen LogP contribution in [0.15, 0.2) is 54.6 Å². The number of carbonyl (C=O) groups excluding carboxylic acids is 2. The van der Waals surface area contributed by atoms with Gasteiger partial charge in [0, 0.05) is 12.1 Å². The van der Waals surface area contributed by atoms with Crippen molar-refractivity contribution < 1.29 is 14.3 Å². The maximum Gasteiger partial charge on any atom is 0.243 e. The highest BCUT2D eigenvalue weighted by molar-refractivity contribution is 5.88. The summed E-state index contributed by atoms with van der Waals surface area (Å²) in [4.78, 5) is 27.9. The normalized spacial score (nSPS) is 12.2. The second-order valence-electron chi connectivity index (χ2n) is 8.20. The predicted octanol–water partition coefficient (Wildman–Crippen LogP) is 3.96. The van der Waals surface area contributed by atoms with Crippen molar-refractivity contribution in [3.63, 3.8) is 0 Å². The molecule has 0 aliphatic heterocycles. The average Bonchev–Trinajstić information content (AvgIpc) is 2.67. The van der Waals surface area contributed by atoms with E-state index in [1.165, 1.54) is 0 Å². The predicted molar refractivity (Wildman–Crippen MR) is 116 cm³/mol. The lowest BCUT2D eigenvalue weighted by molar-refractivity contribution is -0.141. The van der Waals surface area contributed by atoms with Gasteiger partial charge in [-0.3, -0.25) is 9.59 Å². The van der Waals surface area contributed by atoms with E-state index in [2.05, 4.69) is 5.32 Å². The van der Waals surface area contributed by atoms with Crippen LogP contribution >= 0.6 is 0 Å². The van der Waals surface area contributed by atoms with Crippen molar-refractivity contribution in [3.05, 3.63) is 65.7 Å². The van der Waals surface area contributed by atoms with E-state index in [0.29, 0.717) is 13.0 Å². The van der Waals surface area contributed by atoms with Crippen molar-refractivity contribution in [1.82, 2.24) is 10.2 Å². The zero-order valence-corrected chi connectivity index (χ0v) is 18.1. The van der Waals surface area contributed by atoms with E-state index in [1.54, 1.807) is 12.0 Å². The van der Waals surface area contributed by atoms with E-state index in [-0.39, 0.29) is 23.8 Å². The third-order valence-corrected chi connectivity index (χ3v) is 4.57. The molecule has 0 radical (unpaired) electrons. The van der Waals surface area contributed by atoms with E-state index < -0.39 is 6.04 Å². The van der Waals surface area contributed by atoms with E-state index in [0.717, 1.165) is 16.9 Å². The van der Waals surface area contributed by atoms with Gasteiger partial charge >= 0.3 is 0 Å². The summed E-state index contributed by atoms with van der Waals surface area (Å²) in [6.07, 6.45) is 0.788. The number of ether oxygens (including phenoxy) is 1. The second kappa shape index (κ2) is 10.1. The van der Waals surface area contributed by atoms with E-state index in [9.17, 15) is 9.59 Å². The molecule has 5 heteroatoms. The van der Waals surface area contributed by atoms with Crippen LogP contribution < -0.4 is 10.1 Å². The van der Waals surface area contributed by atoms with Crippen molar-refractivity contribution in [2.24, 2.45) is 0 Å². The number of amides is 2. The maximum absolute atomic E-state index is 13.3. The lowest BCUT2D eigenvalue weighted by Gasteiger charge is -2.33. The summed E-state index contributed by atoms with van der Waals surface area (Å²) in [5.41, 5.74) is 1.49. The number of benzene rings is 2. The van der Waals surface area contributed by atoms with Gasteiger partial charge in [-0.1, -0.05) is 49.4 Å². The van der Waals surface area contributed by atoms with Crippen LogP contribution in [0.5, 0.6) is 5.75 Å². The largest absolute Gasteiger partial charge is 0.497 e. The molecule has 29 heavy (non-hydrogen) atoms. The molecule has 0 unspecified atom stereocenters. The Hall–Kier alpha value is -2.82. The summed E-state index contributed by atoms with van der Waals surface area (Å²) in [5.74, 6) is 0.518. The van der Waals surface area contributed by atoms with Crippen LogP contribution in [0.1, 0.15) is 45.2 Å². The molecule has 2 aromatic rings. The smallest absolute Gasteiger partial charge is 0.243 e. The van der Waals surface area contributed by atoms with Gasteiger partial charge in [0.15, 0.2) is 0 Å². The average molecular weight is 397 g/mol. The number of hydrogen-bond donors (Lipinski definition) is 1. The van der Waals surface area contributed by atoms with Gasteiger partial charge in [0.05, 0.1) is 13.5 Å². The van der Waals surface area contributed by atoms with Gasteiger partial charge < -0.3 is 15.0 Å². The first-order valence-corrected chi connectivity index (χ1v) is 10.0. The zero-order chi connectivity index (χ0) is 21.4. The lowest BCUT2D eigenvalue weighted by Crippen LogP contribution is -2.53. The molecular weight excluding hydrogens is 364 g/mol. The number of methoxy groups -OCH3 is 1. The second-order valence-corrected chi connectivity index (χ2v) is 8.20. The standard InChI is InChI=1S/C24H32N2O3/c1-6-21(23(28)25-24(2,3)4)26(17-19-13-10-14-20(15-19)29-5)22(27)16-18-11-8-7-9-12-18/h7-15,21H,6,16-17H2,1-5H3,(H,25,28)/t21-/m1/s1. The van der Waals surface area contributed by atoms with Crippen molar-refractivity contribution in [2.45, 2.75) is 58.7 Å². The lowest BCUT2D eigenvalue weighted by atomic mass is 10.0. The van der Waals surface area contributed by atoms with Crippen molar-refractivity contribution in [2.75, 3.05) is 7.11 Å². The van der Waals surface area contributed by atoms with Gasteiger partial charge in [-0.25, -0.2) is 0 Å². The molecule has 0 saturated carbocycles. The molecule has 156 valence electrons. The Kier molecular flexibility index (Phi) is 7.82.